The molecule has 56 valence electrons. The highest BCUT2D eigenvalue weighted by Crippen LogP contribution is 2.13. The molecular formula is C4H10F3NSi. The fraction of sp³-hybridized carbons (Fsp3) is 1.00. The van der Waals surface area contributed by atoms with E-state index >= 15 is 0 Å². The van der Waals surface area contributed by atoms with Gasteiger partial charge in [-0.2, -0.15) is 0 Å². The number of halogens is 3. The second-order valence-electron chi connectivity index (χ2n) is 2.17. The van der Waals surface area contributed by atoms with Crippen molar-refractivity contribution in [2.45, 2.75) is 6.04 Å². The summed E-state index contributed by atoms with van der Waals surface area (Å²) in [5, 5.41) is 0. The van der Waals surface area contributed by atoms with Gasteiger partial charge in [-0.05, 0) is 14.1 Å². The Balaban J connectivity index is 3.28. The highest BCUT2D eigenvalue weighted by Gasteiger charge is 2.35. The summed E-state index contributed by atoms with van der Waals surface area (Å²) in [7, 11) is -1.98. The molecular weight excluding hydrogens is 147 g/mol. The summed E-state index contributed by atoms with van der Waals surface area (Å²) >= 11 is 0. The van der Waals surface area contributed by atoms with Crippen molar-refractivity contribution in [3.63, 3.8) is 0 Å². The summed E-state index contributed by atoms with van der Waals surface area (Å²) in [4.78, 5) is 1.54. The average Bonchev–Trinajstić information content (AvgIpc) is 1.59. The maximum absolute atomic E-state index is 11.5. The zero-order valence-electron chi connectivity index (χ0n) is 5.50. The van der Waals surface area contributed by atoms with E-state index in [0.29, 0.717) is 0 Å². The van der Waals surface area contributed by atoms with E-state index in [4.69, 9.17) is 0 Å². The van der Waals surface area contributed by atoms with Crippen LogP contribution in [0.5, 0.6) is 0 Å². The van der Waals surface area contributed by atoms with Crippen molar-refractivity contribution in [2.24, 2.45) is 0 Å². The predicted octanol–water partition coefficient (Wildman–Crippen LogP) is 1.40. The molecule has 9 heavy (non-hydrogen) atoms. The lowest BCUT2D eigenvalue weighted by Gasteiger charge is -2.08. The van der Waals surface area contributed by atoms with Crippen LogP contribution >= 0.6 is 0 Å². The standard InChI is InChI=1S/C4H10F3NSi/c1-8(2)3-4-9(5,6)7/h3-4H2,1-2H3. The van der Waals surface area contributed by atoms with Gasteiger partial charge in [0.05, 0.1) is 0 Å². The Morgan fingerprint density at radius 1 is 1.22 bits per heavy atom. The first-order chi connectivity index (χ1) is 3.92. The highest BCUT2D eigenvalue weighted by molar-refractivity contribution is 6.58. The van der Waals surface area contributed by atoms with Gasteiger partial charge in [0, 0.05) is 12.6 Å². The van der Waals surface area contributed by atoms with Crippen LogP contribution in [-0.4, -0.2) is 34.6 Å². The Kier molecular flexibility index (Phi) is 3.20. The second-order valence-corrected chi connectivity index (χ2v) is 3.90. The molecule has 1 nitrogen and oxygen atoms in total. The van der Waals surface area contributed by atoms with Gasteiger partial charge in [-0.15, -0.1) is 0 Å². The molecule has 0 spiro atoms. The molecule has 0 heterocycles. The molecule has 0 amide bonds. The Hall–Kier alpha value is -0.0331. The van der Waals surface area contributed by atoms with Crippen LogP contribution in [0.1, 0.15) is 0 Å². The molecule has 0 aliphatic carbocycles. The number of hydrogen-bond donors (Lipinski definition) is 0. The normalized spacial score (nSPS) is 12.7. The summed E-state index contributed by atoms with van der Waals surface area (Å²) in [5.41, 5.74) is 0. The maximum atomic E-state index is 11.5. The van der Waals surface area contributed by atoms with Crippen molar-refractivity contribution in [1.29, 1.82) is 0 Å². The molecule has 0 saturated heterocycles. The summed E-state index contributed by atoms with van der Waals surface area (Å²) in [6.45, 7) is 0.135. The van der Waals surface area contributed by atoms with Crippen molar-refractivity contribution < 1.29 is 12.3 Å². The third kappa shape index (κ3) is 7.97. The minimum atomic E-state index is -5.26. The molecule has 5 heteroatoms. The average molecular weight is 157 g/mol. The SMILES string of the molecule is CN(C)CC[Si](F)(F)F. The van der Waals surface area contributed by atoms with Gasteiger partial charge in [-0.25, -0.2) is 12.3 Å². The highest BCUT2D eigenvalue weighted by atomic mass is 28.5. The zero-order chi connectivity index (χ0) is 7.49. The van der Waals surface area contributed by atoms with Crippen molar-refractivity contribution in [3.05, 3.63) is 0 Å². The Bertz CT molecular complexity index is 80.4. The minimum Gasteiger partial charge on any atom is -0.309 e. The molecule has 0 saturated carbocycles. The van der Waals surface area contributed by atoms with Crippen LogP contribution in [0.25, 0.3) is 0 Å². The molecule has 0 aliphatic heterocycles. The first-order valence-electron chi connectivity index (χ1n) is 2.63. The van der Waals surface area contributed by atoms with Gasteiger partial charge in [-0.1, -0.05) is 0 Å². The van der Waals surface area contributed by atoms with Crippen molar-refractivity contribution in [3.8, 4) is 0 Å². The fourth-order valence-electron chi connectivity index (χ4n) is 0.350. The van der Waals surface area contributed by atoms with Crippen LogP contribution in [0, 0.1) is 0 Å². The van der Waals surface area contributed by atoms with Gasteiger partial charge in [0.25, 0.3) is 0 Å². The Morgan fingerprint density at radius 2 is 1.67 bits per heavy atom. The van der Waals surface area contributed by atoms with E-state index in [1.165, 1.54) is 0 Å². The van der Waals surface area contributed by atoms with Gasteiger partial charge < -0.3 is 4.90 Å². The van der Waals surface area contributed by atoms with Crippen LogP contribution in [0.4, 0.5) is 12.3 Å². The van der Waals surface area contributed by atoms with E-state index in [9.17, 15) is 12.3 Å². The number of nitrogens with zero attached hydrogens (tertiary/aromatic N) is 1. The lowest BCUT2D eigenvalue weighted by atomic mass is 10.7. The summed E-state index contributed by atoms with van der Waals surface area (Å²) in [6.07, 6.45) is 0. The van der Waals surface area contributed by atoms with Crippen LogP contribution < -0.4 is 0 Å². The summed E-state index contributed by atoms with van der Waals surface area (Å²) in [5.74, 6) is 0. The van der Waals surface area contributed by atoms with Crippen molar-refractivity contribution in [1.82, 2.24) is 4.90 Å². The van der Waals surface area contributed by atoms with E-state index in [1.54, 1.807) is 19.0 Å². The number of hydrogen-bond acceptors (Lipinski definition) is 1. The lowest BCUT2D eigenvalue weighted by molar-refractivity contribution is 0.394. The molecule has 0 unspecified atom stereocenters. The second kappa shape index (κ2) is 3.22. The van der Waals surface area contributed by atoms with E-state index < -0.39 is 15.1 Å². The third-order valence-corrected chi connectivity index (χ3v) is 1.63. The molecule has 0 fully saturated rings. The Morgan fingerprint density at radius 3 is 1.78 bits per heavy atom. The first kappa shape index (κ1) is 8.97. The van der Waals surface area contributed by atoms with Crippen LogP contribution in [0.2, 0.25) is 6.04 Å². The summed E-state index contributed by atoms with van der Waals surface area (Å²) in [6, 6.07) is -0.583. The largest absolute Gasteiger partial charge is 0.617 e. The Labute approximate surface area is 54.0 Å². The van der Waals surface area contributed by atoms with Crippen molar-refractivity contribution >= 4 is 9.08 Å². The van der Waals surface area contributed by atoms with E-state index in [2.05, 4.69) is 0 Å². The lowest BCUT2D eigenvalue weighted by Crippen LogP contribution is -2.23. The van der Waals surface area contributed by atoms with Crippen LogP contribution in [0.15, 0.2) is 0 Å². The van der Waals surface area contributed by atoms with Crippen LogP contribution in [-0.2, 0) is 0 Å². The quantitative estimate of drug-likeness (QED) is 0.442. The van der Waals surface area contributed by atoms with Gasteiger partial charge >= 0.3 is 9.08 Å². The number of rotatable bonds is 3. The molecule has 0 aromatic heterocycles. The van der Waals surface area contributed by atoms with Gasteiger partial charge in [0.15, 0.2) is 0 Å². The first-order valence-corrected chi connectivity index (χ1v) is 4.47. The monoisotopic (exact) mass is 157 g/mol. The smallest absolute Gasteiger partial charge is 0.309 e. The van der Waals surface area contributed by atoms with Crippen molar-refractivity contribution in [2.75, 3.05) is 20.6 Å². The zero-order valence-corrected chi connectivity index (χ0v) is 6.50. The van der Waals surface area contributed by atoms with Gasteiger partial charge in [0.2, 0.25) is 0 Å². The predicted molar refractivity (Wildman–Crippen MR) is 32.4 cm³/mol. The van der Waals surface area contributed by atoms with Gasteiger partial charge in [0.1, 0.15) is 0 Å². The van der Waals surface area contributed by atoms with Gasteiger partial charge in [-0.3, -0.25) is 0 Å². The molecule has 0 aromatic carbocycles. The molecule has 0 atom stereocenters. The third-order valence-electron chi connectivity index (χ3n) is 0.842. The van der Waals surface area contributed by atoms with E-state index in [0.717, 1.165) is 0 Å². The molecule has 0 aliphatic rings. The molecule has 0 bridgehead atoms. The van der Waals surface area contributed by atoms with E-state index in [1.807, 2.05) is 0 Å². The van der Waals surface area contributed by atoms with Crippen LogP contribution in [0.3, 0.4) is 0 Å². The molecule has 0 radical (unpaired) electrons. The molecule has 0 N–H and O–H groups in total. The molecule has 0 aromatic rings. The summed E-state index contributed by atoms with van der Waals surface area (Å²) < 4.78 is 34.6. The maximum Gasteiger partial charge on any atom is 0.617 e. The fourth-order valence-corrected chi connectivity index (χ4v) is 1.05. The van der Waals surface area contributed by atoms with E-state index in [-0.39, 0.29) is 6.54 Å². The molecule has 0 rings (SSSR count). The minimum absolute atomic E-state index is 0.135. The topological polar surface area (TPSA) is 3.24 Å².